The Labute approximate surface area is 182 Å². The molecule has 0 unspecified atom stereocenters. The predicted molar refractivity (Wildman–Crippen MR) is 122 cm³/mol. The summed E-state index contributed by atoms with van der Waals surface area (Å²) in [7, 11) is 0. The summed E-state index contributed by atoms with van der Waals surface area (Å²) in [6.45, 7) is 7.05. The second-order valence-electron chi connectivity index (χ2n) is 8.09. The highest BCUT2D eigenvalue weighted by molar-refractivity contribution is 5.66. The average Bonchev–Trinajstić information content (AvgIpc) is 2.71. The first kappa shape index (κ1) is 26.1. The molecule has 0 aliphatic carbocycles. The van der Waals surface area contributed by atoms with E-state index in [2.05, 4.69) is 20.8 Å². The molecule has 0 fully saturated rings. The zero-order valence-electron chi connectivity index (χ0n) is 19.3. The number of rotatable bonds is 17. The fourth-order valence-electron chi connectivity index (χ4n) is 3.71. The fraction of sp³-hybridized carbons (Fsp3) is 0.720. The topological polar surface area (TPSA) is 76.0 Å². The number of hydrogen-bond acceptors (Lipinski definition) is 4. The Balaban J connectivity index is 3.03. The van der Waals surface area contributed by atoms with Crippen LogP contribution in [0.5, 0.6) is 17.2 Å². The maximum Gasteiger partial charge on any atom is 0.511 e. The van der Waals surface area contributed by atoms with Gasteiger partial charge in [-0.2, -0.15) is 0 Å². The molecular weight excluding hydrogens is 380 g/mol. The average molecular weight is 423 g/mol. The molecule has 0 amide bonds. The molecule has 0 aliphatic heterocycles. The Morgan fingerprint density at radius 1 is 0.833 bits per heavy atom. The predicted octanol–water partition coefficient (Wildman–Crippen LogP) is 7.65. The van der Waals surface area contributed by atoms with Crippen molar-refractivity contribution in [2.24, 2.45) is 0 Å². The van der Waals surface area contributed by atoms with Gasteiger partial charge in [-0.05, 0) is 43.7 Å². The number of phenolic OH excluding ortho intramolecular Hbond substituents is 1. The van der Waals surface area contributed by atoms with Gasteiger partial charge in [-0.3, -0.25) is 0 Å². The molecule has 0 spiro atoms. The lowest BCUT2D eigenvalue weighted by atomic mass is 9.95. The van der Waals surface area contributed by atoms with E-state index in [1.807, 2.05) is 0 Å². The van der Waals surface area contributed by atoms with E-state index in [-0.39, 0.29) is 11.5 Å². The van der Waals surface area contributed by atoms with E-state index < -0.39 is 6.16 Å². The molecule has 0 saturated heterocycles. The summed E-state index contributed by atoms with van der Waals surface area (Å²) in [5.74, 6) is 0.213. The summed E-state index contributed by atoms with van der Waals surface area (Å²) in [4.78, 5) is 11.1. The van der Waals surface area contributed by atoms with Crippen LogP contribution in [0.15, 0.2) is 6.07 Å². The highest BCUT2D eigenvalue weighted by Gasteiger charge is 2.21. The molecule has 1 aromatic rings. The third-order valence-corrected chi connectivity index (χ3v) is 5.44. The van der Waals surface area contributed by atoms with Crippen LogP contribution >= 0.6 is 0 Å². The number of ether oxygens (including phenoxy) is 2. The van der Waals surface area contributed by atoms with Crippen LogP contribution in [-0.2, 0) is 12.8 Å². The van der Waals surface area contributed by atoms with Crippen LogP contribution in [0.4, 0.5) is 4.79 Å². The van der Waals surface area contributed by atoms with Crippen molar-refractivity contribution in [3.05, 3.63) is 17.2 Å². The van der Waals surface area contributed by atoms with Crippen LogP contribution < -0.4 is 9.47 Å². The molecule has 0 aromatic heterocycles. The maximum atomic E-state index is 11.1. The highest BCUT2D eigenvalue weighted by atomic mass is 16.7. The molecule has 1 aromatic carbocycles. The lowest BCUT2D eigenvalue weighted by molar-refractivity contribution is 0.142. The molecule has 5 heteroatoms. The van der Waals surface area contributed by atoms with Gasteiger partial charge in [0.25, 0.3) is 0 Å². The Morgan fingerprint density at radius 3 is 2.03 bits per heavy atom. The molecule has 0 bridgehead atoms. The van der Waals surface area contributed by atoms with Crippen molar-refractivity contribution in [3.63, 3.8) is 0 Å². The van der Waals surface area contributed by atoms with E-state index in [1.165, 1.54) is 25.7 Å². The van der Waals surface area contributed by atoms with Gasteiger partial charge in [0.15, 0.2) is 11.5 Å². The minimum atomic E-state index is -1.43. The van der Waals surface area contributed by atoms with Crippen LogP contribution in [0.25, 0.3) is 0 Å². The standard InChI is InChI=1S/C25H42O5/c1-4-7-10-11-12-15-18-29-24-21(17-14-9-6-3)20(16-13-8-5-2)19-22(23(24)26)30-25(27)28/h19,26H,4-18H2,1-3H3,(H,27,28). The number of carboxylic acid groups (broad SMARTS) is 1. The number of aromatic hydroxyl groups is 1. The number of phenols is 1. The van der Waals surface area contributed by atoms with Crippen molar-refractivity contribution in [2.75, 3.05) is 6.61 Å². The number of aryl methyl sites for hydroxylation is 1. The van der Waals surface area contributed by atoms with Crippen molar-refractivity contribution >= 4 is 6.16 Å². The monoisotopic (exact) mass is 422 g/mol. The lowest BCUT2D eigenvalue weighted by Gasteiger charge is -2.19. The first-order chi connectivity index (χ1) is 14.5. The van der Waals surface area contributed by atoms with Gasteiger partial charge in [0.1, 0.15) is 0 Å². The van der Waals surface area contributed by atoms with Crippen molar-refractivity contribution in [3.8, 4) is 17.2 Å². The fourth-order valence-corrected chi connectivity index (χ4v) is 3.71. The third kappa shape index (κ3) is 9.73. The van der Waals surface area contributed by atoms with Crippen LogP contribution in [0.1, 0.15) is 109 Å². The smallest absolute Gasteiger partial charge is 0.502 e. The highest BCUT2D eigenvalue weighted by Crippen LogP contribution is 2.43. The number of hydrogen-bond donors (Lipinski definition) is 2. The van der Waals surface area contributed by atoms with E-state index in [9.17, 15) is 9.90 Å². The van der Waals surface area contributed by atoms with Crippen molar-refractivity contribution in [1.29, 1.82) is 0 Å². The van der Waals surface area contributed by atoms with E-state index in [0.717, 1.165) is 75.3 Å². The normalized spacial score (nSPS) is 10.9. The number of unbranched alkanes of at least 4 members (excludes halogenated alkanes) is 9. The van der Waals surface area contributed by atoms with Gasteiger partial charge in [0.05, 0.1) is 6.61 Å². The first-order valence-corrected chi connectivity index (χ1v) is 12.0. The summed E-state index contributed by atoms with van der Waals surface area (Å²) in [6, 6.07) is 1.69. The van der Waals surface area contributed by atoms with Crippen LogP contribution in [0.2, 0.25) is 0 Å². The Morgan fingerprint density at radius 2 is 1.40 bits per heavy atom. The summed E-state index contributed by atoms with van der Waals surface area (Å²) >= 11 is 0. The molecule has 30 heavy (non-hydrogen) atoms. The minimum absolute atomic E-state index is 0.0221. The van der Waals surface area contributed by atoms with E-state index >= 15 is 0 Å². The molecule has 0 atom stereocenters. The van der Waals surface area contributed by atoms with Crippen LogP contribution in [-0.4, -0.2) is 23.0 Å². The zero-order chi connectivity index (χ0) is 22.2. The van der Waals surface area contributed by atoms with E-state index in [1.54, 1.807) is 6.07 Å². The van der Waals surface area contributed by atoms with Crippen LogP contribution in [0.3, 0.4) is 0 Å². The molecule has 2 N–H and O–H groups in total. The SMILES string of the molecule is CCCCCCCCOc1c(O)c(OC(=O)O)cc(CCCCC)c1CCCCC. The van der Waals surface area contributed by atoms with Gasteiger partial charge in [0, 0.05) is 5.56 Å². The molecule has 172 valence electrons. The van der Waals surface area contributed by atoms with Crippen LogP contribution in [0, 0.1) is 0 Å². The summed E-state index contributed by atoms with van der Waals surface area (Å²) in [6.07, 6.45) is 13.7. The first-order valence-electron chi connectivity index (χ1n) is 12.0. The minimum Gasteiger partial charge on any atom is -0.502 e. The lowest BCUT2D eigenvalue weighted by Crippen LogP contribution is -2.08. The Hall–Kier alpha value is -1.91. The quantitative estimate of drug-likeness (QED) is 0.153. The van der Waals surface area contributed by atoms with E-state index in [4.69, 9.17) is 14.6 Å². The van der Waals surface area contributed by atoms with E-state index in [0.29, 0.717) is 12.4 Å². The van der Waals surface area contributed by atoms with Gasteiger partial charge < -0.3 is 19.7 Å². The molecule has 5 nitrogen and oxygen atoms in total. The molecular formula is C25H42O5. The van der Waals surface area contributed by atoms with Crippen molar-refractivity contribution < 1.29 is 24.5 Å². The Bertz CT molecular complexity index is 612. The molecule has 0 aliphatic rings. The van der Waals surface area contributed by atoms with Gasteiger partial charge in [-0.1, -0.05) is 78.6 Å². The summed E-state index contributed by atoms with van der Waals surface area (Å²) in [5, 5.41) is 19.8. The third-order valence-electron chi connectivity index (χ3n) is 5.44. The second-order valence-corrected chi connectivity index (χ2v) is 8.09. The summed E-state index contributed by atoms with van der Waals surface area (Å²) < 4.78 is 10.9. The van der Waals surface area contributed by atoms with Gasteiger partial charge in [-0.15, -0.1) is 0 Å². The zero-order valence-corrected chi connectivity index (χ0v) is 19.3. The number of benzene rings is 1. The molecule has 1 rings (SSSR count). The van der Waals surface area contributed by atoms with Gasteiger partial charge >= 0.3 is 6.16 Å². The largest absolute Gasteiger partial charge is 0.511 e. The molecule has 0 saturated carbocycles. The molecule has 0 radical (unpaired) electrons. The summed E-state index contributed by atoms with van der Waals surface area (Å²) in [5.41, 5.74) is 2.05. The molecule has 0 heterocycles. The Kier molecular flexibility index (Phi) is 13.8. The maximum absolute atomic E-state index is 11.1. The van der Waals surface area contributed by atoms with Crippen molar-refractivity contribution in [2.45, 2.75) is 111 Å². The van der Waals surface area contributed by atoms with Gasteiger partial charge in [0.2, 0.25) is 5.75 Å². The second kappa shape index (κ2) is 15.9. The van der Waals surface area contributed by atoms with Gasteiger partial charge in [-0.25, -0.2) is 4.79 Å². The number of carbonyl (C=O) groups is 1. The van der Waals surface area contributed by atoms with Crippen molar-refractivity contribution in [1.82, 2.24) is 0 Å².